The summed E-state index contributed by atoms with van der Waals surface area (Å²) in [5.74, 6) is -8.06. The quantitative estimate of drug-likeness (QED) is 0.155. The van der Waals surface area contributed by atoms with Crippen molar-refractivity contribution >= 4 is 81.3 Å². The van der Waals surface area contributed by atoms with E-state index >= 15 is 4.39 Å². The number of carbonyl (C=O) groups is 3. The first kappa shape index (κ1) is 33.8. The number of halogens is 9. The molecule has 0 saturated heterocycles. The molecule has 3 amide bonds. The molecule has 3 aromatic carbocycles. The van der Waals surface area contributed by atoms with Crippen molar-refractivity contribution in [1.29, 1.82) is 0 Å². The zero-order chi connectivity index (χ0) is 32.6. The summed E-state index contributed by atoms with van der Waals surface area (Å²) in [6.45, 7) is 1.80. The molecule has 0 radical (unpaired) electrons. The van der Waals surface area contributed by atoms with Crippen molar-refractivity contribution in [2.45, 2.75) is 23.4 Å². The average molecular weight is 699 g/mol. The molecule has 0 aliphatic heterocycles. The van der Waals surface area contributed by atoms with Gasteiger partial charge >= 0.3 is 6.18 Å². The van der Waals surface area contributed by atoms with Crippen LogP contribution in [0.25, 0.3) is 0 Å². The van der Waals surface area contributed by atoms with Crippen LogP contribution in [0.4, 0.5) is 43.4 Å². The third-order valence-corrected chi connectivity index (χ3v) is 8.66. The number of anilines is 3. The number of nitrogens with one attached hydrogen (secondary N) is 3. The van der Waals surface area contributed by atoms with Crippen LogP contribution in [-0.4, -0.2) is 33.6 Å². The molecular formula is C28H20Cl3F6N3O3S. The number of thioether (sulfide) groups is 1. The molecule has 6 nitrogen and oxygen atoms in total. The Morgan fingerprint density at radius 1 is 0.932 bits per heavy atom. The first-order valence-corrected chi connectivity index (χ1v) is 14.9. The molecule has 1 unspecified atom stereocenters. The maximum atomic E-state index is 15.0. The molecule has 1 fully saturated rings. The molecule has 0 heterocycles. The number of rotatable bonds is 9. The minimum absolute atomic E-state index is 0.00428. The molecule has 1 saturated carbocycles. The average Bonchev–Trinajstić information content (AvgIpc) is 3.53. The van der Waals surface area contributed by atoms with E-state index in [4.69, 9.17) is 34.8 Å². The Kier molecular flexibility index (Phi) is 10.0. The van der Waals surface area contributed by atoms with Crippen LogP contribution >= 0.6 is 46.6 Å². The smallest absolute Gasteiger partial charge is 0.326 e. The van der Waals surface area contributed by atoms with E-state index in [1.54, 1.807) is 6.92 Å². The van der Waals surface area contributed by atoms with Gasteiger partial charge in [-0.2, -0.15) is 24.9 Å². The van der Waals surface area contributed by atoms with Crippen molar-refractivity contribution in [2.75, 3.05) is 27.5 Å². The number of hydrogen-bond donors (Lipinski definition) is 3. The van der Waals surface area contributed by atoms with E-state index < -0.39 is 74.5 Å². The number of hydrogen-bond acceptors (Lipinski definition) is 4. The summed E-state index contributed by atoms with van der Waals surface area (Å²) in [5, 5.41) is 6.70. The molecule has 44 heavy (non-hydrogen) atoms. The van der Waals surface area contributed by atoms with E-state index in [1.807, 2.05) is 0 Å². The molecule has 1 aliphatic rings. The van der Waals surface area contributed by atoms with Crippen molar-refractivity contribution in [3.05, 3.63) is 87.7 Å². The van der Waals surface area contributed by atoms with Crippen LogP contribution in [0.2, 0.25) is 5.02 Å². The summed E-state index contributed by atoms with van der Waals surface area (Å²) in [6, 6.07) is 7.63. The third kappa shape index (κ3) is 7.22. The lowest BCUT2D eigenvalue weighted by molar-refractivity contribution is -0.140. The van der Waals surface area contributed by atoms with Crippen LogP contribution in [-0.2, 0) is 15.8 Å². The lowest BCUT2D eigenvalue weighted by Gasteiger charge is -2.13. The molecule has 0 spiro atoms. The van der Waals surface area contributed by atoms with Crippen molar-refractivity contribution in [1.82, 2.24) is 0 Å². The van der Waals surface area contributed by atoms with E-state index in [2.05, 4.69) is 16.0 Å². The number of benzene rings is 3. The molecule has 234 valence electrons. The van der Waals surface area contributed by atoms with Gasteiger partial charge in [-0.25, -0.2) is 13.2 Å². The first-order valence-electron chi connectivity index (χ1n) is 12.6. The number of carbonyl (C=O) groups excluding carboxylic acids is 3. The fraction of sp³-hybridized carbons (Fsp3) is 0.250. The zero-order valence-corrected chi connectivity index (χ0v) is 25.3. The summed E-state index contributed by atoms with van der Waals surface area (Å²) >= 11 is 19.8. The highest BCUT2D eigenvalue weighted by atomic mass is 35.5. The Bertz CT molecular complexity index is 1640. The monoisotopic (exact) mass is 697 g/mol. The van der Waals surface area contributed by atoms with Crippen molar-refractivity contribution in [3.63, 3.8) is 0 Å². The molecule has 0 bridgehead atoms. The fourth-order valence-electron chi connectivity index (χ4n) is 4.34. The Labute approximate surface area is 265 Å². The van der Waals surface area contributed by atoms with Gasteiger partial charge < -0.3 is 16.0 Å². The molecule has 3 N–H and O–H groups in total. The standard InChI is InChI=1S/C28H20Cl3F6N3O3S/c1-2-44-11-20(41)40-24-18(33)7-8-19(23(24)34)39-25(42)14-10-13(4-5-16(14)29)38-26(43)22-21(27(22,30)31)12-3-6-17(32)15(9-12)28(35,36)37/h3-10,21-22H,2,11H2,1H3,(H,38,43)(H,39,42)(H,40,41)/t21-,22?/m0/s1. The van der Waals surface area contributed by atoms with Gasteiger partial charge in [-0.3, -0.25) is 14.4 Å². The largest absolute Gasteiger partial charge is 0.419 e. The van der Waals surface area contributed by atoms with Gasteiger partial charge in [-0.05, 0) is 53.8 Å². The lowest BCUT2D eigenvalue weighted by atomic mass is 10.0. The molecule has 3 aromatic rings. The topological polar surface area (TPSA) is 87.3 Å². The molecule has 16 heteroatoms. The van der Waals surface area contributed by atoms with Crippen LogP contribution < -0.4 is 16.0 Å². The van der Waals surface area contributed by atoms with Crippen LogP contribution in [0.1, 0.15) is 34.3 Å². The van der Waals surface area contributed by atoms with Crippen LogP contribution in [0, 0.1) is 23.4 Å². The summed E-state index contributed by atoms with van der Waals surface area (Å²) < 4.78 is 80.8. The van der Waals surface area contributed by atoms with E-state index in [-0.39, 0.29) is 27.6 Å². The normalized spacial score (nSPS) is 17.1. The maximum Gasteiger partial charge on any atom is 0.419 e. The lowest BCUT2D eigenvalue weighted by Crippen LogP contribution is -2.19. The van der Waals surface area contributed by atoms with Crippen LogP contribution in [0.3, 0.4) is 0 Å². The van der Waals surface area contributed by atoms with Gasteiger partial charge in [0, 0.05) is 11.6 Å². The maximum absolute atomic E-state index is 15.0. The Morgan fingerprint density at radius 2 is 1.61 bits per heavy atom. The predicted molar refractivity (Wildman–Crippen MR) is 158 cm³/mol. The molecule has 4 rings (SSSR count). The fourth-order valence-corrected chi connectivity index (χ4v) is 5.84. The van der Waals surface area contributed by atoms with E-state index in [1.165, 1.54) is 23.9 Å². The SMILES string of the molecule is CCSCC(=O)Nc1c(F)ccc(NC(=O)c2cc(NC(=O)C3[C@H](c4ccc(F)c(C(F)(F)F)c4)C3(Cl)Cl)ccc2Cl)c1F. The molecule has 2 atom stereocenters. The highest BCUT2D eigenvalue weighted by Crippen LogP contribution is 2.65. The Morgan fingerprint density at radius 3 is 2.27 bits per heavy atom. The minimum atomic E-state index is -4.99. The van der Waals surface area contributed by atoms with Crippen LogP contribution in [0.15, 0.2) is 48.5 Å². The predicted octanol–water partition coefficient (Wildman–Crippen LogP) is 8.25. The highest BCUT2D eigenvalue weighted by Gasteiger charge is 2.67. The van der Waals surface area contributed by atoms with Gasteiger partial charge in [0.1, 0.15) is 21.7 Å². The second-order valence-electron chi connectivity index (χ2n) is 9.47. The summed E-state index contributed by atoms with van der Waals surface area (Å²) in [6.07, 6.45) is -4.99. The van der Waals surface area contributed by atoms with Gasteiger partial charge in [-0.15, -0.1) is 23.2 Å². The summed E-state index contributed by atoms with van der Waals surface area (Å²) in [4.78, 5) is 38.0. The van der Waals surface area contributed by atoms with E-state index in [0.29, 0.717) is 17.9 Å². The molecule has 0 aromatic heterocycles. The van der Waals surface area contributed by atoms with Gasteiger partial charge in [0.15, 0.2) is 5.82 Å². The molecule has 1 aliphatic carbocycles. The second-order valence-corrected chi connectivity index (χ2v) is 12.6. The van der Waals surface area contributed by atoms with Gasteiger partial charge in [0.25, 0.3) is 5.91 Å². The van der Waals surface area contributed by atoms with Gasteiger partial charge in [0.05, 0.1) is 33.5 Å². The summed E-state index contributed by atoms with van der Waals surface area (Å²) in [7, 11) is 0. The number of alkyl halides is 5. The van der Waals surface area contributed by atoms with Crippen molar-refractivity contribution < 1.29 is 40.7 Å². The van der Waals surface area contributed by atoms with E-state index in [9.17, 15) is 36.3 Å². The second kappa shape index (κ2) is 13.1. The van der Waals surface area contributed by atoms with Crippen molar-refractivity contribution in [3.8, 4) is 0 Å². The molecular weight excluding hydrogens is 679 g/mol. The van der Waals surface area contributed by atoms with Crippen molar-refractivity contribution in [2.24, 2.45) is 5.92 Å². The zero-order valence-electron chi connectivity index (χ0n) is 22.2. The highest BCUT2D eigenvalue weighted by molar-refractivity contribution is 7.99. The summed E-state index contributed by atoms with van der Waals surface area (Å²) in [5.41, 5.74) is -3.14. The third-order valence-electron chi connectivity index (χ3n) is 6.51. The minimum Gasteiger partial charge on any atom is -0.326 e. The van der Waals surface area contributed by atoms with E-state index in [0.717, 1.165) is 24.3 Å². The van der Waals surface area contributed by atoms with Gasteiger partial charge in [-0.1, -0.05) is 24.6 Å². The van der Waals surface area contributed by atoms with Crippen LogP contribution in [0.5, 0.6) is 0 Å². The Balaban J connectivity index is 1.51. The Hall–Kier alpha value is -3.13. The number of amides is 3. The van der Waals surface area contributed by atoms with Gasteiger partial charge in [0.2, 0.25) is 11.8 Å². The first-order chi connectivity index (χ1) is 20.6.